The molecule has 0 aliphatic carbocycles. The summed E-state index contributed by atoms with van der Waals surface area (Å²) in [4.78, 5) is 14.6. The lowest BCUT2D eigenvalue weighted by atomic mass is 10.1. The van der Waals surface area contributed by atoms with Crippen molar-refractivity contribution < 1.29 is 15.0 Å². The molecule has 19 heavy (non-hydrogen) atoms. The third kappa shape index (κ3) is 7.24. The van der Waals surface area contributed by atoms with E-state index < -0.39 is 5.97 Å². The highest BCUT2D eigenvalue weighted by atomic mass is 16.4. The summed E-state index contributed by atoms with van der Waals surface area (Å²) in [6, 6.07) is 7.11. The number of hydrogen-bond donors (Lipinski definition) is 2. The Morgan fingerprint density at radius 2 is 1.79 bits per heavy atom. The second-order valence-electron chi connectivity index (χ2n) is 4.51. The minimum absolute atomic E-state index is 0.250. The van der Waals surface area contributed by atoms with Gasteiger partial charge in [-0.15, -0.1) is 0 Å². The summed E-state index contributed by atoms with van der Waals surface area (Å²) in [5, 5.41) is 18.0. The van der Waals surface area contributed by atoms with Crippen LogP contribution in [0.5, 0.6) is 5.75 Å². The van der Waals surface area contributed by atoms with Gasteiger partial charge in [0.25, 0.3) is 0 Å². The van der Waals surface area contributed by atoms with E-state index in [-0.39, 0.29) is 12.2 Å². The number of aliphatic imine (C=N–C) groups is 1. The van der Waals surface area contributed by atoms with Crippen LogP contribution >= 0.6 is 0 Å². The number of nitrogens with zero attached hydrogens (tertiary/aromatic N) is 1. The van der Waals surface area contributed by atoms with Crippen LogP contribution in [-0.4, -0.2) is 28.9 Å². The predicted octanol–water partition coefficient (Wildman–Crippen LogP) is 3.24. The number of phenolic OH excluding ortho intramolecular Hbond substituents is 1. The molecule has 0 saturated carbocycles. The Labute approximate surface area is 113 Å². The number of carbonyl (C=O) groups is 1. The standard InChI is InChI=1S/C15H21NO3/c17-14-9-6-5-8-13(14)12-16-11-7-3-1-2-4-10-15(18)19/h5-6,8-9,12,17H,1-4,7,10-11H2,(H,18,19). The molecule has 0 aromatic heterocycles. The highest BCUT2D eigenvalue weighted by Gasteiger charge is 1.96. The van der Waals surface area contributed by atoms with Crippen LogP contribution in [0.4, 0.5) is 0 Å². The fourth-order valence-corrected chi connectivity index (χ4v) is 1.77. The Bertz CT molecular complexity index is 416. The topological polar surface area (TPSA) is 69.9 Å². The van der Waals surface area contributed by atoms with Crippen molar-refractivity contribution in [3.05, 3.63) is 29.8 Å². The van der Waals surface area contributed by atoms with Gasteiger partial charge < -0.3 is 10.2 Å². The average molecular weight is 263 g/mol. The molecule has 0 amide bonds. The SMILES string of the molecule is O=C(O)CCCCCCCN=Cc1ccccc1O. The summed E-state index contributed by atoms with van der Waals surface area (Å²) in [7, 11) is 0. The smallest absolute Gasteiger partial charge is 0.303 e. The number of rotatable bonds is 9. The third-order valence-electron chi connectivity index (χ3n) is 2.84. The second-order valence-corrected chi connectivity index (χ2v) is 4.51. The number of aliphatic carboxylic acids is 1. The van der Waals surface area contributed by atoms with Crippen molar-refractivity contribution in [1.29, 1.82) is 0 Å². The van der Waals surface area contributed by atoms with E-state index in [4.69, 9.17) is 5.11 Å². The molecule has 0 saturated heterocycles. The van der Waals surface area contributed by atoms with E-state index in [1.165, 1.54) is 0 Å². The average Bonchev–Trinajstić information content (AvgIpc) is 2.38. The molecule has 1 aromatic rings. The van der Waals surface area contributed by atoms with Gasteiger partial charge >= 0.3 is 5.97 Å². The Hall–Kier alpha value is -1.84. The molecule has 0 radical (unpaired) electrons. The molecule has 0 heterocycles. The van der Waals surface area contributed by atoms with E-state index in [1.54, 1.807) is 18.3 Å². The van der Waals surface area contributed by atoms with E-state index in [2.05, 4.69) is 4.99 Å². The molecular formula is C15H21NO3. The first kappa shape index (κ1) is 15.2. The first-order valence-electron chi connectivity index (χ1n) is 6.70. The lowest BCUT2D eigenvalue weighted by Crippen LogP contribution is -1.93. The molecule has 0 aliphatic rings. The van der Waals surface area contributed by atoms with Gasteiger partial charge in [0.05, 0.1) is 0 Å². The maximum Gasteiger partial charge on any atom is 0.303 e. The number of para-hydroxylation sites is 1. The molecule has 104 valence electrons. The number of carboxylic acids is 1. The third-order valence-corrected chi connectivity index (χ3v) is 2.84. The van der Waals surface area contributed by atoms with Crippen LogP contribution in [0.1, 0.15) is 44.1 Å². The first-order chi connectivity index (χ1) is 9.20. The van der Waals surface area contributed by atoms with Crippen LogP contribution in [0.15, 0.2) is 29.3 Å². The zero-order valence-corrected chi connectivity index (χ0v) is 11.1. The van der Waals surface area contributed by atoms with Crippen LogP contribution in [0.3, 0.4) is 0 Å². The van der Waals surface area contributed by atoms with Crippen molar-refractivity contribution in [2.24, 2.45) is 4.99 Å². The molecular weight excluding hydrogens is 242 g/mol. The second kappa shape index (κ2) is 9.14. The number of phenols is 1. The van der Waals surface area contributed by atoms with E-state index in [9.17, 15) is 9.90 Å². The van der Waals surface area contributed by atoms with Crippen LogP contribution in [0.2, 0.25) is 0 Å². The maximum absolute atomic E-state index is 10.3. The lowest BCUT2D eigenvalue weighted by molar-refractivity contribution is -0.137. The highest BCUT2D eigenvalue weighted by molar-refractivity contribution is 5.83. The molecule has 0 aliphatic heterocycles. The minimum Gasteiger partial charge on any atom is -0.507 e. The zero-order valence-electron chi connectivity index (χ0n) is 11.1. The Morgan fingerprint density at radius 1 is 1.11 bits per heavy atom. The fourth-order valence-electron chi connectivity index (χ4n) is 1.77. The number of unbranched alkanes of at least 4 members (excludes halogenated alkanes) is 4. The quantitative estimate of drug-likeness (QED) is 0.531. The van der Waals surface area contributed by atoms with Gasteiger partial charge in [-0.1, -0.05) is 31.4 Å². The molecule has 0 fully saturated rings. The van der Waals surface area contributed by atoms with Gasteiger partial charge in [-0.3, -0.25) is 9.79 Å². The molecule has 0 spiro atoms. The van der Waals surface area contributed by atoms with E-state index in [0.29, 0.717) is 0 Å². The summed E-state index contributed by atoms with van der Waals surface area (Å²) < 4.78 is 0. The van der Waals surface area contributed by atoms with E-state index in [1.807, 2.05) is 12.1 Å². The molecule has 4 heteroatoms. The number of hydrogen-bond acceptors (Lipinski definition) is 3. The molecule has 0 atom stereocenters. The van der Waals surface area contributed by atoms with Crippen LogP contribution in [-0.2, 0) is 4.79 Å². The number of benzene rings is 1. The zero-order chi connectivity index (χ0) is 13.9. The Kier molecular flexibility index (Phi) is 7.32. The van der Waals surface area contributed by atoms with Crippen LogP contribution in [0.25, 0.3) is 0 Å². The molecule has 0 unspecified atom stereocenters. The van der Waals surface area contributed by atoms with Gasteiger partial charge in [0.15, 0.2) is 0 Å². The summed E-state index contributed by atoms with van der Waals surface area (Å²) in [5.41, 5.74) is 0.740. The summed E-state index contributed by atoms with van der Waals surface area (Å²) in [6.45, 7) is 0.743. The molecule has 1 aromatic carbocycles. The Balaban J connectivity index is 2.05. The van der Waals surface area contributed by atoms with Crippen molar-refractivity contribution in [3.63, 3.8) is 0 Å². The van der Waals surface area contributed by atoms with Crippen molar-refractivity contribution in [1.82, 2.24) is 0 Å². The van der Waals surface area contributed by atoms with Crippen molar-refractivity contribution in [3.8, 4) is 5.75 Å². The minimum atomic E-state index is -0.715. The summed E-state index contributed by atoms with van der Waals surface area (Å²) >= 11 is 0. The molecule has 2 N–H and O–H groups in total. The first-order valence-corrected chi connectivity index (χ1v) is 6.70. The number of aromatic hydroxyl groups is 1. The predicted molar refractivity (Wildman–Crippen MR) is 75.9 cm³/mol. The largest absolute Gasteiger partial charge is 0.507 e. The summed E-state index contributed by atoms with van der Waals surface area (Å²) in [5.74, 6) is -0.466. The molecule has 0 bridgehead atoms. The van der Waals surface area contributed by atoms with Crippen molar-refractivity contribution >= 4 is 12.2 Å². The van der Waals surface area contributed by atoms with Gasteiger partial charge in [-0.25, -0.2) is 0 Å². The lowest BCUT2D eigenvalue weighted by Gasteiger charge is -1.99. The molecule has 1 rings (SSSR count). The van der Waals surface area contributed by atoms with E-state index in [0.717, 1.165) is 44.2 Å². The van der Waals surface area contributed by atoms with Gasteiger partial charge in [-0.2, -0.15) is 0 Å². The number of carboxylic acid groups (broad SMARTS) is 1. The van der Waals surface area contributed by atoms with Gasteiger partial charge in [-0.05, 0) is 25.0 Å². The van der Waals surface area contributed by atoms with E-state index >= 15 is 0 Å². The van der Waals surface area contributed by atoms with Crippen LogP contribution in [0, 0.1) is 0 Å². The van der Waals surface area contributed by atoms with Crippen molar-refractivity contribution in [2.75, 3.05) is 6.54 Å². The highest BCUT2D eigenvalue weighted by Crippen LogP contribution is 2.12. The van der Waals surface area contributed by atoms with Crippen molar-refractivity contribution in [2.45, 2.75) is 38.5 Å². The van der Waals surface area contributed by atoms with Gasteiger partial charge in [0.2, 0.25) is 0 Å². The molecule has 4 nitrogen and oxygen atoms in total. The summed E-state index contributed by atoms with van der Waals surface area (Å²) in [6.07, 6.45) is 6.81. The normalized spacial score (nSPS) is 10.9. The van der Waals surface area contributed by atoms with Gasteiger partial charge in [0, 0.05) is 24.7 Å². The fraction of sp³-hybridized carbons (Fsp3) is 0.467. The van der Waals surface area contributed by atoms with Gasteiger partial charge in [0.1, 0.15) is 5.75 Å². The maximum atomic E-state index is 10.3. The van der Waals surface area contributed by atoms with Crippen LogP contribution < -0.4 is 0 Å². The Morgan fingerprint density at radius 3 is 2.53 bits per heavy atom. The monoisotopic (exact) mass is 263 g/mol.